The number of benzene rings is 2. The Bertz CT molecular complexity index is 1000. The molecule has 4 heteroatoms. The van der Waals surface area contributed by atoms with E-state index < -0.39 is 0 Å². The van der Waals surface area contributed by atoms with E-state index in [-0.39, 0.29) is 0 Å². The van der Waals surface area contributed by atoms with E-state index in [0.717, 1.165) is 39.3 Å². The molecule has 0 N–H and O–H groups in total. The van der Waals surface area contributed by atoms with Crippen LogP contribution in [-0.4, -0.2) is 21.6 Å². The minimum absolute atomic E-state index is 0.847. The van der Waals surface area contributed by atoms with Crippen molar-refractivity contribution >= 4 is 10.9 Å². The third kappa shape index (κ3) is 3.59. The number of aryl methyl sites for hydroxylation is 1. The molecule has 0 aliphatic rings. The van der Waals surface area contributed by atoms with Gasteiger partial charge in [0.1, 0.15) is 5.75 Å². The Morgan fingerprint density at radius 2 is 1.69 bits per heavy atom. The van der Waals surface area contributed by atoms with E-state index in [1.165, 1.54) is 0 Å². The maximum atomic E-state index is 5.20. The molecule has 0 fully saturated rings. The number of imidazole rings is 1. The number of fused-ring (bicyclic) bond motifs is 1. The largest absolute Gasteiger partial charge is 0.497 e. The molecule has 2 aromatic heterocycles. The lowest BCUT2D eigenvalue weighted by molar-refractivity contribution is 0.415. The van der Waals surface area contributed by atoms with Gasteiger partial charge in [0.15, 0.2) is 0 Å². The summed E-state index contributed by atoms with van der Waals surface area (Å²) in [4.78, 5) is 9.05. The van der Waals surface area contributed by atoms with Gasteiger partial charge in [0.25, 0.3) is 0 Å². The van der Waals surface area contributed by atoms with Crippen LogP contribution in [0.25, 0.3) is 27.8 Å². The highest BCUT2D eigenvalue weighted by molar-refractivity contribution is 5.83. The van der Waals surface area contributed by atoms with E-state index in [4.69, 9.17) is 9.72 Å². The average Bonchev–Trinajstić information content (AvgIpc) is 3.15. The number of methoxy groups -OCH3 is 1. The summed E-state index contributed by atoms with van der Waals surface area (Å²) in [6.07, 6.45) is 3.84. The molecule has 0 amide bonds. The van der Waals surface area contributed by atoms with E-state index in [2.05, 4.69) is 23.2 Å². The lowest BCUT2D eigenvalue weighted by atomic mass is 10.1. The lowest BCUT2D eigenvalue weighted by Gasteiger charge is -2.07. The normalized spacial score (nSPS) is 10.3. The van der Waals surface area contributed by atoms with Gasteiger partial charge < -0.3 is 9.30 Å². The Balaban J connectivity index is 0.000000948. The molecule has 26 heavy (non-hydrogen) atoms. The molecule has 4 nitrogen and oxygen atoms in total. The summed E-state index contributed by atoms with van der Waals surface area (Å²) in [6, 6.07) is 18.3. The smallest absolute Gasteiger partial charge is 0.118 e. The predicted octanol–water partition coefficient (Wildman–Crippen LogP) is 5.43. The van der Waals surface area contributed by atoms with E-state index in [9.17, 15) is 0 Å². The summed E-state index contributed by atoms with van der Waals surface area (Å²) >= 11 is 0. The fourth-order valence-electron chi connectivity index (χ4n) is 2.76. The monoisotopic (exact) mass is 345 g/mol. The Labute approximate surface area is 154 Å². The van der Waals surface area contributed by atoms with Crippen molar-refractivity contribution in [1.29, 1.82) is 0 Å². The molecule has 0 spiro atoms. The van der Waals surface area contributed by atoms with Gasteiger partial charge in [-0.1, -0.05) is 19.9 Å². The first-order valence-corrected chi connectivity index (χ1v) is 8.79. The number of hydrogen-bond donors (Lipinski definition) is 0. The Kier molecular flexibility index (Phi) is 5.32. The van der Waals surface area contributed by atoms with E-state index >= 15 is 0 Å². The third-order valence-corrected chi connectivity index (χ3v) is 4.07. The first kappa shape index (κ1) is 17.7. The summed E-state index contributed by atoms with van der Waals surface area (Å²) in [6.45, 7) is 5.99. The van der Waals surface area contributed by atoms with Crippen LogP contribution in [0.15, 0.2) is 67.1 Å². The molecule has 0 saturated carbocycles. The van der Waals surface area contributed by atoms with Gasteiger partial charge >= 0.3 is 0 Å². The summed E-state index contributed by atoms with van der Waals surface area (Å²) in [7, 11) is 1.67. The van der Waals surface area contributed by atoms with Gasteiger partial charge in [0.05, 0.1) is 30.3 Å². The zero-order valence-electron chi connectivity index (χ0n) is 15.6. The fourth-order valence-corrected chi connectivity index (χ4v) is 2.76. The van der Waals surface area contributed by atoms with Crippen molar-refractivity contribution in [3.05, 3.63) is 72.8 Å². The van der Waals surface area contributed by atoms with Gasteiger partial charge in [-0.25, -0.2) is 9.97 Å². The molecule has 132 valence electrons. The van der Waals surface area contributed by atoms with Crippen LogP contribution in [0.5, 0.6) is 5.75 Å². The maximum absolute atomic E-state index is 5.20. The summed E-state index contributed by atoms with van der Waals surface area (Å²) in [5, 5.41) is 1.11. The Morgan fingerprint density at radius 3 is 2.35 bits per heavy atom. The van der Waals surface area contributed by atoms with Gasteiger partial charge in [-0.05, 0) is 55.5 Å². The van der Waals surface area contributed by atoms with Gasteiger partial charge in [-0.2, -0.15) is 0 Å². The average molecular weight is 345 g/mol. The van der Waals surface area contributed by atoms with Crippen LogP contribution in [-0.2, 0) is 0 Å². The minimum atomic E-state index is 0.847. The molecule has 4 rings (SSSR count). The molecule has 0 saturated heterocycles. The second-order valence-electron chi connectivity index (χ2n) is 5.72. The second-order valence-corrected chi connectivity index (χ2v) is 5.72. The molecule has 0 bridgehead atoms. The van der Waals surface area contributed by atoms with E-state index in [0.29, 0.717) is 0 Å². The number of ether oxygens (including phenoxy) is 1. The lowest BCUT2D eigenvalue weighted by Crippen LogP contribution is -1.91. The van der Waals surface area contributed by atoms with Gasteiger partial charge in [-0.3, -0.25) is 0 Å². The van der Waals surface area contributed by atoms with Crippen molar-refractivity contribution in [2.24, 2.45) is 0 Å². The summed E-state index contributed by atoms with van der Waals surface area (Å²) < 4.78 is 7.22. The summed E-state index contributed by atoms with van der Waals surface area (Å²) in [5.74, 6) is 0.847. The number of hydrogen-bond acceptors (Lipinski definition) is 3. The highest BCUT2D eigenvalue weighted by Crippen LogP contribution is 2.24. The molecular weight excluding hydrogens is 322 g/mol. The first-order chi connectivity index (χ1) is 12.7. The molecule has 0 radical (unpaired) electrons. The van der Waals surface area contributed by atoms with Crippen LogP contribution in [0.2, 0.25) is 0 Å². The molecular formula is C22H23N3O. The molecule has 4 aromatic rings. The fraction of sp³-hybridized carbons (Fsp3) is 0.182. The van der Waals surface area contributed by atoms with Crippen molar-refractivity contribution in [3.8, 4) is 22.7 Å². The van der Waals surface area contributed by atoms with Crippen LogP contribution in [0.4, 0.5) is 0 Å². The Hall–Kier alpha value is -3.14. The van der Waals surface area contributed by atoms with E-state index in [1.807, 2.05) is 74.3 Å². The molecule has 0 unspecified atom stereocenters. The number of pyridine rings is 1. The molecule has 2 heterocycles. The van der Waals surface area contributed by atoms with Crippen molar-refractivity contribution in [2.75, 3.05) is 7.11 Å². The quantitative estimate of drug-likeness (QED) is 0.497. The number of rotatable bonds is 3. The van der Waals surface area contributed by atoms with Crippen molar-refractivity contribution in [3.63, 3.8) is 0 Å². The van der Waals surface area contributed by atoms with Crippen molar-refractivity contribution < 1.29 is 4.74 Å². The van der Waals surface area contributed by atoms with Crippen LogP contribution in [0.3, 0.4) is 0 Å². The van der Waals surface area contributed by atoms with E-state index in [1.54, 1.807) is 7.11 Å². The number of nitrogens with zero attached hydrogens (tertiary/aromatic N) is 3. The zero-order valence-corrected chi connectivity index (χ0v) is 15.6. The van der Waals surface area contributed by atoms with Gasteiger partial charge in [-0.15, -0.1) is 0 Å². The van der Waals surface area contributed by atoms with Gasteiger partial charge in [0.2, 0.25) is 0 Å². The topological polar surface area (TPSA) is 39.9 Å². The third-order valence-electron chi connectivity index (χ3n) is 4.07. The number of aromatic nitrogens is 3. The SMILES string of the molecule is CC.COc1ccc(-c2ccc3cc(-n4cnc(C)c4)ccc3n2)cc1. The highest BCUT2D eigenvalue weighted by Gasteiger charge is 2.04. The maximum Gasteiger partial charge on any atom is 0.118 e. The van der Waals surface area contributed by atoms with Crippen LogP contribution < -0.4 is 4.74 Å². The van der Waals surface area contributed by atoms with Crippen LogP contribution >= 0.6 is 0 Å². The highest BCUT2D eigenvalue weighted by atomic mass is 16.5. The molecule has 2 aromatic carbocycles. The first-order valence-electron chi connectivity index (χ1n) is 8.79. The van der Waals surface area contributed by atoms with Crippen LogP contribution in [0.1, 0.15) is 19.5 Å². The standard InChI is InChI=1S/C20H17N3O.C2H6/c1-14-12-23(13-21-14)17-6-10-20-16(11-17)5-9-19(22-20)15-3-7-18(24-2)8-4-15;1-2/h3-13H,1-2H3;1-2H3. The minimum Gasteiger partial charge on any atom is -0.497 e. The summed E-state index contributed by atoms with van der Waals surface area (Å²) in [5.41, 5.74) is 5.09. The molecule has 0 aliphatic carbocycles. The predicted molar refractivity (Wildman–Crippen MR) is 107 cm³/mol. The second kappa shape index (κ2) is 7.83. The van der Waals surface area contributed by atoms with Crippen LogP contribution in [0, 0.1) is 6.92 Å². The van der Waals surface area contributed by atoms with Crippen molar-refractivity contribution in [1.82, 2.24) is 14.5 Å². The van der Waals surface area contributed by atoms with Gasteiger partial charge in [0, 0.05) is 22.8 Å². The van der Waals surface area contributed by atoms with Crippen molar-refractivity contribution in [2.45, 2.75) is 20.8 Å². The molecule has 0 aliphatic heterocycles. The Morgan fingerprint density at radius 1 is 0.923 bits per heavy atom. The zero-order chi connectivity index (χ0) is 18.5. The molecule has 0 atom stereocenters.